The highest BCUT2D eigenvalue weighted by Gasteiger charge is 2.40. The third-order valence-electron chi connectivity index (χ3n) is 7.84. The average Bonchev–Trinajstić information content (AvgIpc) is 2.98. The number of hydrogen-bond acceptors (Lipinski definition) is 6. The first-order valence-electron chi connectivity index (χ1n) is 15.1. The number of esters is 1. The molecule has 4 rings (SSSR count). The molecule has 1 aliphatic rings. The van der Waals surface area contributed by atoms with Gasteiger partial charge in [0.1, 0.15) is 36.0 Å². The first-order valence-corrected chi connectivity index (χ1v) is 15.1. The van der Waals surface area contributed by atoms with E-state index in [2.05, 4.69) is 11.9 Å². The van der Waals surface area contributed by atoms with E-state index in [-0.39, 0.29) is 24.0 Å². The number of urea groups is 1. The number of benzene rings is 3. The van der Waals surface area contributed by atoms with Crippen LogP contribution < -0.4 is 11.1 Å². The number of amides is 3. The number of quaternary nitrogens is 1. The number of carbonyl (C=O) groups excluding carboxylic acids is 3. The molecule has 236 valence electrons. The van der Waals surface area contributed by atoms with E-state index in [9.17, 15) is 24.6 Å². The third kappa shape index (κ3) is 8.79. The molecule has 5 N–H and O–H groups in total. The zero-order valence-electron chi connectivity index (χ0n) is 25.8. The fourth-order valence-corrected chi connectivity index (χ4v) is 5.87. The highest BCUT2D eigenvalue weighted by Crippen LogP contribution is 2.25. The number of ether oxygens (including phenoxy) is 1. The smallest absolute Gasteiger partial charge is 0.496 e. The van der Waals surface area contributed by atoms with Gasteiger partial charge in [0, 0.05) is 24.8 Å². The molecule has 0 spiro atoms. The molecular formula is C35H42N4O6+2. The van der Waals surface area contributed by atoms with Crippen LogP contribution in [-0.2, 0) is 22.5 Å². The van der Waals surface area contributed by atoms with Crippen molar-refractivity contribution in [1.82, 2.24) is 0 Å². The van der Waals surface area contributed by atoms with Gasteiger partial charge in [0.15, 0.2) is 6.04 Å². The van der Waals surface area contributed by atoms with E-state index in [0.717, 1.165) is 29.8 Å². The summed E-state index contributed by atoms with van der Waals surface area (Å²) in [6.45, 7) is 9.99. The Morgan fingerprint density at radius 2 is 1.73 bits per heavy atom. The fourth-order valence-electron chi connectivity index (χ4n) is 5.87. The minimum atomic E-state index is -1.02. The van der Waals surface area contributed by atoms with Crippen molar-refractivity contribution >= 4 is 29.3 Å². The molecule has 10 heteroatoms. The van der Waals surface area contributed by atoms with Gasteiger partial charge < -0.3 is 25.2 Å². The summed E-state index contributed by atoms with van der Waals surface area (Å²) in [5.74, 6) is -0.867. The number of likely N-dealkylation sites (tertiary alicyclic amines) is 1. The molecule has 0 aromatic heterocycles. The van der Waals surface area contributed by atoms with Crippen molar-refractivity contribution < 1.29 is 38.4 Å². The van der Waals surface area contributed by atoms with Gasteiger partial charge in [-0.3, -0.25) is 4.79 Å². The molecule has 45 heavy (non-hydrogen) atoms. The Morgan fingerprint density at radius 1 is 1.02 bits per heavy atom. The Morgan fingerprint density at radius 3 is 2.36 bits per heavy atom. The molecule has 2 atom stereocenters. The van der Waals surface area contributed by atoms with Crippen LogP contribution in [0.3, 0.4) is 0 Å². The lowest BCUT2D eigenvalue weighted by molar-refractivity contribution is -0.931. The predicted octanol–water partition coefficient (Wildman–Crippen LogP) is 4.74. The summed E-state index contributed by atoms with van der Waals surface area (Å²) >= 11 is 0. The van der Waals surface area contributed by atoms with Crippen LogP contribution in [0.15, 0.2) is 85.5 Å². The van der Waals surface area contributed by atoms with Crippen molar-refractivity contribution in [2.45, 2.75) is 51.8 Å². The lowest BCUT2D eigenvalue weighted by Crippen LogP contribution is -2.58. The average molecular weight is 615 g/mol. The summed E-state index contributed by atoms with van der Waals surface area (Å²) in [5, 5.41) is 22.8. The van der Waals surface area contributed by atoms with E-state index < -0.39 is 23.9 Å². The van der Waals surface area contributed by atoms with E-state index in [4.69, 9.17) is 10.5 Å². The SMILES string of the molecule is C=CC[N+]1(Cc2cccc(O)c2)CCC/C(=[N+](/C(=O)Nc2ccc(C(=O)OC(C)C)cc2)[C@@H](Cc2ccc(O)cc2)C(N)=O)C1. The number of nitrogens with zero attached hydrogens (tertiary/aromatic N) is 2. The molecule has 1 unspecified atom stereocenters. The Bertz CT molecular complexity index is 1570. The minimum absolute atomic E-state index is 0.0878. The predicted molar refractivity (Wildman–Crippen MR) is 172 cm³/mol. The van der Waals surface area contributed by atoms with Crippen molar-refractivity contribution in [2.75, 3.05) is 25.0 Å². The van der Waals surface area contributed by atoms with Crippen LogP contribution in [0.1, 0.15) is 48.2 Å². The van der Waals surface area contributed by atoms with Gasteiger partial charge in [-0.05, 0) is 74.0 Å². The summed E-state index contributed by atoms with van der Waals surface area (Å²) in [4.78, 5) is 39.5. The number of nitrogens with two attached hydrogens (primary N) is 1. The number of hydrogen-bond donors (Lipinski definition) is 4. The minimum Gasteiger partial charge on any atom is -0.508 e. The first kappa shape index (κ1) is 32.9. The Hall–Kier alpha value is -4.96. The molecule has 1 aliphatic heterocycles. The van der Waals surface area contributed by atoms with Crippen LogP contribution in [0, 0.1) is 0 Å². The normalized spacial score (nSPS) is 18.1. The molecule has 0 saturated carbocycles. The molecule has 10 nitrogen and oxygen atoms in total. The summed E-state index contributed by atoms with van der Waals surface area (Å²) in [6.07, 6.45) is 3.05. The zero-order chi connectivity index (χ0) is 32.6. The summed E-state index contributed by atoms with van der Waals surface area (Å²) in [5.41, 5.74) is 9.19. The van der Waals surface area contributed by atoms with Crippen LogP contribution in [0.4, 0.5) is 10.5 Å². The number of phenols is 2. The largest absolute Gasteiger partial charge is 0.508 e. The third-order valence-corrected chi connectivity index (χ3v) is 7.84. The van der Waals surface area contributed by atoms with E-state index in [1.807, 2.05) is 12.1 Å². The standard InChI is InChI=1S/C35H40N4O6/c1-4-18-39(22-26-7-5-9-31(41)20-26)19-6-8-29(23-39)38(32(33(36)42)21-25-10-16-30(40)17-11-25)35(44)37-28-14-12-27(13-15-28)34(43)45-24(2)3/h4-5,7,9-17,20,24,32H,1,6,8,18-19,21-23H2,2-3H3,(H3-2,36,37,40,41,42,43,44)/p+2/b38-29-/t32-,39?/m0/s1. The van der Waals surface area contributed by atoms with Crippen molar-refractivity contribution in [3.8, 4) is 11.5 Å². The molecule has 0 radical (unpaired) electrons. The highest BCUT2D eigenvalue weighted by atomic mass is 16.5. The van der Waals surface area contributed by atoms with Gasteiger partial charge in [0.2, 0.25) is 0 Å². The van der Waals surface area contributed by atoms with E-state index in [1.54, 1.807) is 68.4 Å². The number of primary amides is 1. The second-order valence-electron chi connectivity index (χ2n) is 11.8. The number of carbonyl (C=O) groups is 3. The quantitative estimate of drug-likeness (QED) is 0.106. The molecule has 3 aromatic rings. The number of piperidine rings is 1. The fraction of sp³-hybridized carbons (Fsp3) is 0.314. The highest BCUT2D eigenvalue weighted by molar-refractivity contribution is 5.95. The number of anilines is 1. The Labute approximate surface area is 263 Å². The maximum Gasteiger partial charge on any atom is 0.496 e. The summed E-state index contributed by atoms with van der Waals surface area (Å²) < 4.78 is 7.28. The van der Waals surface area contributed by atoms with Gasteiger partial charge in [-0.1, -0.05) is 30.8 Å². The van der Waals surface area contributed by atoms with Crippen LogP contribution in [-0.4, -0.2) is 74.7 Å². The zero-order valence-corrected chi connectivity index (χ0v) is 25.8. The molecule has 1 saturated heterocycles. The van der Waals surface area contributed by atoms with E-state index in [0.29, 0.717) is 41.8 Å². The van der Waals surface area contributed by atoms with Gasteiger partial charge in [0.25, 0.3) is 5.91 Å². The lowest BCUT2D eigenvalue weighted by atomic mass is 10.00. The number of aromatic hydroxyl groups is 2. The van der Waals surface area contributed by atoms with Crippen LogP contribution in [0.5, 0.6) is 11.5 Å². The van der Waals surface area contributed by atoms with Gasteiger partial charge in [-0.2, -0.15) is 9.37 Å². The van der Waals surface area contributed by atoms with Crippen molar-refractivity contribution in [3.05, 3.63) is 102 Å². The van der Waals surface area contributed by atoms with Crippen molar-refractivity contribution in [3.63, 3.8) is 0 Å². The van der Waals surface area contributed by atoms with Gasteiger partial charge in [0.05, 0.1) is 24.8 Å². The molecule has 3 aromatic carbocycles. The second-order valence-corrected chi connectivity index (χ2v) is 11.8. The summed E-state index contributed by atoms with van der Waals surface area (Å²) in [7, 11) is 0. The lowest BCUT2D eigenvalue weighted by Gasteiger charge is -2.41. The molecular weight excluding hydrogens is 572 g/mol. The maximum atomic E-state index is 14.1. The molecule has 0 bridgehead atoms. The molecule has 1 heterocycles. The molecule has 3 amide bonds. The van der Waals surface area contributed by atoms with Crippen LogP contribution in [0.25, 0.3) is 0 Å². The Kier molecular flexibility index (Phi) is 10.7. The van der Waals surface area contributed by atoms with Crippen LogP contribution >= 0.6 is 0 Å². The monoisotopic (exact) mass is 614 g/mol. The van der Waals surface area contributed by atoms with Gasteiger partial charge in [-0.25, -0.2) is 10.1 Å². The first-order chi connectivity index (χ1) is 21.5. The van der Waals surface area contributed by atoms with E-state index >= 15 is 0 Å². The number of nitrogens with one attached hydrogen (secondary N) is 1. The molecule has 1 fully saturated rings. The molecule has 0 aliphatic carbocycles. The van der Waals surface area contributed by atoms with Crippen molar-refractivity contribution in [1.29, 1.82) is 0 Å². The Balaban J connectivity index is 1.73. The van der Waals surface area contributed by atoms with Gasteiger partial charge in [-0.15, -0.1) is 0 Å². The topological polar surface area (TPSA) is 142 Å². The number of phenolic OH excluding ortho intramolecular Hbond substituents is 2. The van der Waals surface area contributed by atoms with Crippen molar-refractivity contribution in [2.24, 2.45) is 5.73 Å². The van der Waals surface area contributed by atoms with Crippen LogP contribution in [0.2, 0.25) is 0 Å². The maximum absolute atomic E-state index is 14.1. The number of rotatable bonds is 11. The van der Waals surface area contributed by atoms with E-state index in [1.165, 1.54) is 16.7 Å². The summed E-state index contributed by atoms with van der Waals surface area (Å²) in [6, 6.07) is 18.4. The van der Waals surface area contributed by atoms with Gasteiger partial charge >= 0.3 is 12.0 Å². The second kappa shape index (κ2) is 14.7.